The second-order valence-electron chi connectivity index (χ2n) is 5.41. The van der Waals surface area contributed by atoms with Crippen LogP contribution in [0, 0.1) is 6.92 Å². The Kier molecular flexibility index (Phi) is 5.71. The Hall–Kier alpha value is -1.45. The molecule has 2 aromatic carbocycles. The molecular weight excluding hydrogens is 326 g/mol. The van der Waals surface area contributed by atoms with Gasteiger partial charge in [-0.2, -0.15) is 0 Å². The number of hydrogen-bond acceptors (Lipinski definition) is 2. The number of Topliss-reactive ketones (excluding diaryl/α,β-unsaturated/α-hetero) is 1. The molecule has 0 aliphatic rings. The molecule has 0 aliphatic heterocycles. The predicted molar refractivity (Wildman–Crippen MR) is 90.6 cm³/mol. The number of hydrogen-bond donors (Lipinski definition) is 0. The topological polar surface area (TPSA) is 20.3 Å². The summed E-state index contributed by atoms with van der Waals surface area (Å²) in [6, 6.07) is 16.1. The van der Waals surface area contributed by atoms with Gasteiger partial charge >= 0.3 is 0 Å². The van der Waals surface area contributed by atoms with Crippen molar-refractivity contribution in [3.05, 3.63) is 69.7 Å². The highest BCUT2D eigenvalue weighted by atomic mass is 79.9. The third-order valence-electron chi connectivity index (χ3n) is 3.44. The summed E-state index contributed by atoms with van der Waals surface area (Å²) in [5.41, 5.74) is 3.32. The molecule has 0 amide bonds. The number of benzene rings is 2. The first-order chi connectivity index (χ1) is 10.0. The second-order valence-corrected chi connectivity index (χ2v) is 6.32. The standard InChI is InChI=1S/C18H20BrNO/c1-14-6-8-15(9-7-14)13-20(2)11-10-18(21)16-4-3-5-17(19)12-16/h3-9,12H,10-11,13H2,1-2H3. The van der Waals surface area contributed by atoms with Gasteiger partial charge in [-0.05, 0) is 31.7 Å². The highest BCUT2D eigenvalue weighted by Crippen LogP contribution is 2.13. The van der Waals surface area contributed by atoms with Crippen LogP contribution < -0.4 is 0 Å². The van der Waals surface area contributed by atoms with E-state index >= 15 is 0 Å². The number of rotatable bonds is 6. The summed E-state index contributed by atoms with van der Waals surface area (Å²) in [6.45, 7) is 3.72. The van der Waals surface area contributed by atoms with Crippen molar-refractivity contribution in [2.24, 2.45) is 0 Å². The van der Waals surface area contributed by atoms with Crippen LogP contribution in [0.1, 0.15) is 27.9 Å². The lowest BCUT2D eigenvalue weighted by Gasteiger charge is -2.16. The van der Waals surface area contributed by atoms with E-state index in [0.29, 0.717) is 6.42 Å². The van der Waals surface area contributed by atoms with Crippen molar-refractivity contribution >= 4 is 21.7 Å². The van der Waals surface area contributed by atoms with E-state index in [2.05, 4.69) is 52.0 Å². The van der Waals surface area contributed by atoms with Crippen LogP contribution in [-0.4, -0.2) is 24.3 Å². The zero-order valence-electron chi connectivity index (χ0n) is 12.5. The molecule has 0 aromatic heterocycles. The van der Waals surface area contributed by atoms with Crippen molar-refractivity contribution in [3.8, 4) is 0 Å². The van der Waals surface area contributed by atoms with Gasteiger partial charge in [0.15, 0.2) is 5.78 Å². The van der Waals surface area contributed by atoms with E-state index in [1.165, 1.54) is 11.1 Å². The number of ketones is 1. The van der Waals surface area contributed by atoms with Crippen molar-refractivity contribution in [1.82, 2.24) is 4.90 Å². The zero-order chi connectivity index (χ0) is 15.2. The summed E-state index contributed by atoms with van der Waals surface area (Å²) in [5, 5.41) is 0. The summed E-state index contributed by atoms with van der Waals surface area (Å²) in [6.07, 6.45) is 0.540. The first-order valence-corrected chi connectivity index (χ1v) is 7.87. The molecule has 0 saturated carbocycles. The van der Waals surface area contributed by atoms with E-state index in [1.54, 1.807) is 0 Å². The third-order valence-corrected chi connectivity index (χ3v) is 3.93. The molecule has 2 aromatic rings. The van der Waals surface area contributed by atoms with Gasteiger partial charge in [0.05, 0.1) is 0 Å². The molecule has 0 fully saturated rings. The molecule has 0 atom stereocenters. The molecule has 0 aliphatic carbocycles. The third kappa shape index (κ3) is 5.10. The lowest BCUT2D eigenvalue weighted by atomic mass is 10.1. The van der Waals surface area contributed by atoms with E-state index in [1.807, 2.05) is 31.3 Å². The van der Waals surface area contributed by atoms with Crippen LogP contribution in [0.2, 0.25) is 0 Å². The van der Waals surface area contributed by atoms with Gasteiger partial charge in [0.2, 0.25) is 0 Å². The Morgan fingerprint density at radius 2 is 1.86 bits per heavy atom. The summed E-state index contributed by atoms with van der Waals surface area (Å²) in [5.74, 6) is 0.187. The average molecular weight is 346 g/mol. The first kappa shape index (κ1) is 15.9. The first-order valence-electron chi connectivity index (χ1n) is 7.07. The maximum atomic E-state index is 12.2. The molecule has 0 heterocycles. The molecule has 2 nitrogen and oxygen atoms in total. The number of halogens is 1. The highest BCUT2D eigenvalue weighted by Gasteiger charge is 2.08. The van der Waals surface area contributed by atoms with Crippen molar-refractivity contribution in [1.29, 1.82) is 0 Å². The van der Waals surface area contributed by atoms with Crippen LogP contribution in [0.3, 0.4) is 0 Å². The van der Waals surface area contributed by atoms with Crippen molar-refractivity contribution in [2.45, 2.75) is 19.9 Å². The fraction of sp³-hybridized carbons (Fsp3) is 0.278. The quantitative estimate of drug-likeness (QED) is 0.720. The van der Waals surface area contributed by atoms with E-state index in [4.69, 9.17) is 0 Å². The predicted octanol–water partition coefficient (Wildman–Crippen LogP) is 4.46. The largest absolute Gasteiger partial charge is 0.302 e. The second kappa shape index (κ2) is 7.53. The SMILES string of the molecule is Cc1ccc(CN(C)CCC(=O)c2cccc(Br)c2)cc1. The highest BCUT2D eigenvalue weighted by molar-refractivity contribution is 9.10. The maximum absolute atomic E-state index is 12.2. The smallest absolute Gasteiger partial charge is 0.164 e. The fourth-order valence-corrected chi connectivity index (χ4v) is 2.58. The summed E-state index contributed by atoms with van der Waals surface area (Å²) >= 11 is 3.40. The Balaban J connectivity index is 1.84. The fourth-order valence-electron chi connectivity index (χ4n) is 2.18. The van der Waals surface area contributed by atoms with Gasteiger partial charge in [0.25, 0.3) is 0 Å². The molecule has 3 heteroatoms. The molecule has 0 spiro atoms. The Morgan fingerprint density at radius 3 is 2.52 bits per heavy atom. The molecule has 0 N–H and O–H groups in total. The molecule has 0 radical (unpaired) electrons. The Bertz CT molecular complexity index is 607. The zero-order valence-corrected chi connectivity index (χ0v) is 14.1. The summed E-state index contributed by atoms with van der Waals surface area (Å²) < 4.78 is 0.946. The van der Waals surface area contributed by atoms with E-state index in [-0.39, 0.29) is 5.78 Å². The maximum Gasteiger partial charge on any atom is 0.164 e. The van der Waals surface area contributed by atoms with Gasteiger partial charge in [0.1, 0.15) is 0 Å². The van der Waals surface area contributed by atoms with Crippen LogP contribution in [0.4, 0.5) is 0 Å². The summed E-state index contributed by atoms with van der Waals surface area (Å²) in [7, 11) is 2.05. The van der Waals surface area contributed by atoms with Crippen molar-refractivity contribution < 1.29 is 4.79 Å². The van der Waals surface area contributed by atoms with E-state index in [9.17, 15) is 4.79 Å². The minimum atomic E-state index is 0.187. The van der Waals surface area contributed by atoms with Crippen LogP contribution in [0.15, 0.2) is 53.0 Å². The van der Waals surface area contributed by atoms with Crippen molar-refractivity contribution in [3.63, 3.8) is 0 Å². The van der Waals surface area contributed by atoms with Gasteiger partial charge in [0, 0.05) is 29.5 Å². The minimum Gasteiger partial charge on any atom is -0.302 e. The number of aryl methyl sites for hydroxylation is 1. The van der Waals surface area contributed by atoms with Gasteiger partial charge in [-0.15, -0.1) is 0 Å². The van der Waals surface area contributed by atoms with E-state index < -0.39 is 0 Å². The van der Waals surface area contributed by atoms with Gasteiger partial charge < -0.3 is 4.90 Å². The van der Waals surface area contributed by atoms with Crippen LogP contribution in [-0.2, 0) is 6.54 Å². The summed E-state index contributed by atoms with van der Waals surface area (Å²) in [4.78, 5) is 14.3. The van der Waals surface area contributed by atoms with Crippen LogP contribution in [0.25, 0.3) is 0 Å². The van der Waals surface area contributed by atoms with Gasteiger partial charge in [-0.3, -0.25) is 4.79 Å². The Morgan fingerprint density at radius 1 is 1.14 bits per heavy atom. The lowest BCUT2D eigenvalue weighted by molar-refractivity contribution is 0.0968. The van der Waals surface area contributed by atoms with E-state index in [0.717, 1.165) is 23.1 Å². The molecule has 21 heavy (non-hydrogen) atoms. The molecule has 0 unspecified atom stereocenters. The molecular formula is C18H20BrNO. The van der Waals surface area contributed by atoms with Crippen molar-refractivity contribution in [2.75, 3.05) is 13.6 Å². The lowest BCUT2D eigenvalue weighted by Crippen LogP contribution is -2.21. The monoisotopic (exact) mass is 345 g/mol. The number of nitrogens with zero attached hydrogens (tertiary/aromatic N) is 1. The van der Waals surface area contributed by atoms with Gasteiger partial charge in [-0.1, -0.05) is 57.9 Å². The molecule has 0 saturated heterocycles. The average Bonchev–Trinajstić information content (AvgIpc) is 2.47. The normalized spacial score (nSPS) is 10.9. The van der Waals surface area contributed by atoms with Crippen LogP contribution >= 0.6 is 15.9 Å². The van der Waals surface area contributed by atoms with Crippen LogP contribution in [0.5, 0.6) is 0 Å². The number of carbonyl (C=O) groups excluding carboxylic acids is 1. The molecule has 110 valence electrons. The number of carbonyl (C=O) groups is 1. The molecule has 0 bridgehead atoms. The Labute approximate surface area is 134 Å². The minimum absolute atomic E-state index is 0.187. The molecule has 2 rings (SSSR count). The van der Waals surface area contributed by atoms with Gasteiger partial charge in [-0.25, -0.2) is 0 Å².